The van der Waals surface area contributed by atoms with Gasteiger partial charge in [0.05, 0.1) is 5.69 Å². The van der Waals surface area contributed by atoms with E-state index in [9.17, 15) is 14.0 Å². The summed E-state index contributed by atoms with van der Waals surface area (Å²) in [6, 6.07) is 4.41. The Hall–Kier alpha value is -1.91. The zero-order valence-corrected chi connectivity index (χ0v) is 8.98. The van der Waals surface area contributed by atoms with Crippen molar-refractivity contribution in [2.24, 2.45) is 0 Å². The van der Waals surface area contributed by atoms with Gasteiger partial charge in [0, 0.05) is 7.05 Å². The van der Waals surface area contributed by atoms with Crippen molar-refractivity contribution in [3.63, 3.8) is 0 Å². The fourth-order valence-electron chi connectivity index (χ4n) is 1.60. The van der Waals surface area contributed by atoms with Crippen LogP contribution >= 0.6 is 0 Å². The molecule has 0 aromatic heterocycles. The molecule has 2 rings (SSSR count). The monoisotopic (exact) mass is 222 g/mol. The standard InChI is InChI=1S/C11H11FN2O2/c1-7-10(15)14(11(16)13(7)2)9-5-3-8(12)4-6-9/h3-7H,1-2H3. The van der Waals surface area contributed by atoms with Gasteiger partial charge in [-0.05, 0) is 31.2 Å². The first-order valence-electron chi connectivity index (χ1n) is 4.88. The number of likely N-dealkylation sites (N-methyl/N-ethyl adjacent to an activating group) is 1. The lowest BCUT2D eigenvalue weighted by Crippen LogP contribution is -2.31. The number of halogens is 1. The second-order valence-corrected chi connectivity index (χ2v) is 3.72. The average Bonchev–Trinajstić information content (AvgIpc) is 2.46. The van der Waals surface area contributed by atoms with E-state index in [1.807, 2.05) is 0 Å². The van der Waals surface area contributed by atoms with E-state index in [0.717, 1.165) is 4.90 Å². The Labute approximate surface area is 92.3 Å². The second kappa shape index (κ2) is 3.59. The van der Waals surface area contributed by atoms with E-state index in [1.54, 1.807) is 14.0 Å². The summed E-state index contributed by atoms with van der Waals surface area (Å²) in [6.45, 7) is 1.66. The molecule has 84 valence electrons. The van der Waals surface area contributed by atoms with Crippen LogP contribution < -0.4 is 4.90 Å². The van der Waals surface area contributed by atoms with Crippen molar-refractivity contribution in [1.29, 1.82) is 0 Å². The van der Waals surface area contributed by atoms with Crippen LogP contribution in [0.3, 0.4) is 0 Å². The maximum atomic E-state index is 12.7. The van der Waals surface area contributed by atoms with Crippen LogP contribution in [0.1, 0.15) is 6.92 Å². The summed E-state index contributed by atoms with van der Waals surface area (Å²) in [7, 11) is 1.56. The molecular formula is C11H11FN2O2. The fourth-order valence-corrected chi connectivity index (χ4v) is 1.60. The average molecular weight is 222 g/mol. The Bertz CT molecular complexity index is 424. The van der Waals surface area contributed by atoms with Crippen LogP contribution in [0.4, 0.5) is 14.9 Å². The van der Waals surface area contributed by atoms with Crippen molar-refractivity contribution in [2.75, 3.05) is 11.9 Å². The predicted octanol–water partition coefficient (Wildman–Crippen LogP) is 1.61. The molecule has 0 aliphatic carbocycles. The number of amides is 3. The van der Waals surface area contributed by atoms with Crippen molar-refractivity contribution < 1.29 is 14.0 Å². The highest BCUT2D eigenvalue weighted by Gasteiger charge is 2.40. The highest BCUT2D eigenvalue weighted by atomic mass is 19.1. The van der Waals surface area contributed by atoms with Gasteiger partial charge in [0.25, 0.3) is 5.91 Å². The summed E-state index contributed by atoms with van der Waals surface area (Å²) in [5, 5.41) is 0. The number of nitrogens with zero attached hydrogens (tertiary/aromatic N) is 2. The van der Waals surface area contributed by atoms with Gasteiger partial charge in [0.15, 0.2) is 0 Å². The molecule has 1 saturated heterocycles. The van der Waals surface area contributed by atoms with E-state index < -0.39 is 11.9 Å². The van der Waals surface area contributed by atoms with E-state index in [-0.39, 0.29) is 11.9 Å². The lowest BCUT2D eigenvalue weighted by molar-refractivity contribution is -0.119. The van der Waals surface area contributed by atoms with Gasteiger partial charge in [-0.2, -0.15) is 0 Å². The van der Waals surface area contributed by atoms with Crippen molar-refractivity contribution in [1.82, 2.24) is 4.90 Å². The second-order valence-electron chi connectivity index (χ2n) is 3.72. The molecule has 1 aromatic carbocycles. The smallest absolute Gasteiger partial charge is 0.315 e. The van der Waals surface area contributed by atoms with Crippen molar-refractivity contribution in [3.05, 3.63) is 30.1 Å². The molecular weight excluding hydrogens is 211 g/mol. The minimum Gasteiger partial charge on any atom is -0.315 e. The minimum atomic E-state index is -0.474. The highest BCUT2D eigenvalue weighted by Crippen LogP contribution is 2.23. The van der Waals surface area contributed by atoms with Crippen LogP contribution in [0.15, 0.2) is 24.3 Å². The van der Waals surface area contributed by atoms with Crippen LogP contribution in [-0.4, -0.2) is 29.9 Å². The molecule has 16 heavy (non-hydrogen) atoms. The summed E-state index contributed by atoms with van der Waals surface area (Å²) >= 11 is 0. The lowest BCUT2D eigenvalue weighted by Gasteiger charge is -2.13. The van der Waals surface area contributed by atoms with Gasteiger partial charge in [-0.25, -0.2) is 14.1 Å². The maximum Gasteiger partial charge on any atom is 0.331 e. The third-order valence-corrected chi connectivity index (χ3v) is 2.74. The first kappa shape index (κ1) is 10.6. The summed E-state index contributed by atoms with van der Waals surface area (Å²) in [6.07, 6.45) is 0. The molecule has 0 N–H and O–H groups in total. The molecule has 5 heteroatoms. The molecule has 0 spiro atoms. The molecule has 1 aliphatic rings. The number of hydrogen-bond acceptors (Lipinski definition) is 2. The molecule has 0 bridgehead atoms. The molecule has 1 heterocycles. The zero-order chi connectivity index (χ0) is 11.9. The zero-order valence-electron chi connectivity index (χ0n) is 8.98. The molecule has 4 nitrogen and oxygen atoms in total. The predicted molar refractivity (Wildman–Crippen MR) is 56.5 cm³/mol. The quantitative estimate of drug-likeness (QED) is 0.677. The largest absolute Gasteiger partial charge is 0.331 e. The summed E-state index contributed by atoms with van der Waals surface area (Å²) in [4.78, 5) is 25.9. The third kappa shape index (κ3) is 1.44. The van der Waals surface area contributed by atoms with E-state index >= 15 is 0 Å². The highest BCUT2D eigenvalue weighted by molar-refractivity contribution is 6.21. The first-order valence-corrected chi connectivity index (χ1v) is 4.88. The topological polar surface area (TPSA) is 40.6 Å². The minimum absolute atomic E-state index is 0.292. The maximum absolute atomic E-state index is 12.7. The van der Waals surface area contributed by atoms with E-state index in [4.69, 9.17) is 0 Å². The fraction of sp³-hybridized carbons (Fsp3) is 0.273. The first-order chi connectivity index (χ1) is 7.52. The molecule has 1 unspecified atom stereocenters. The normalized spacial score (nSPS) is 20.8. The molecule has 1 fully saturated rings. The number of anilines is 1. The van der Waals surface area contributed by atoms with Crippen molar-refractivity contribution in [2.45, 2.75) is 13.0 Å². The van der Waals surface area contributed by atoms with Crippen molar-refractivity contribution in [3.8, 4) is 0 Å². The van der Waals surface area contributed by atoms with Gasteiger partial charge in [-0.3, -0.25) is 4.79 Å². The Morgan fingerprint density at radius 2 is 1.75 bits per heavy atom. The Kier molecular flexibility index (Phi) is 2.38. The number of imide groups is 1. The summed E-state index contributed by atoms with van der Waals surface area (Å²) in [5.41, 5.74) is 0.396. The van der Waals surface area contributed by atoms with Gasteiger partial charge >= 0.3 is 6.03 Å². The van der Waals surface area contributed by atoms with Crippen LogP contribution in [0.5, 0.6) is 0 Å². The molecule has 0 saturated carbocycles. The van der Waals surface area contributed by atoms with E-state index in [1.165, 1.54) is 29.2 Å². The molecule has 1 aromatic rings. The van der Waals surface area contributed by atoms with Crippen LogP contribution in [0.2, 0.25) is 0 Å². The number of hydrogen-bond donors (Lipinski definition) is 0. The van der Waals surface area contributed by atoms with Crippen molar-refractivity contribution >= 4 is 17.6 Å². The van der Waals surface area contributed by atoms with Gasteiger partial charge < -0.3 is 4.90 Å². The summed E-state index contributed by atoms with van der Waals surface area (Å²) < 4.78 is 12.7. The van der Waals surface area contributed by atoms with Gasteiger partial charge in [-0.15, -0.1) is 0 Å². The summed E-state index contributed by atoms with van der Waals surface area (Å²) in [5.74, 6) is -0.691. The van der Waals surface area contributed by atoms with Crippen LogP contribution in [0, 0.1) is 5.82 Å². The lowest BCUT2D eigenvalue weighted by atomic mass is 10.2. The van der Waals surface area contributed by atoms with E-state index in [2.05, 4.69) is 0 Å². The van der Waals surface area contributed by atoms with Crippen LogP contribution in [-0.2, 0) is 4.79 Å². The molecule has 1 atom stereocenters. The van der Waals surface area contributed by atoms with E-state index in [0.29, 0.717) is 5.69 Å². The number of carbonyl (C=O) groups is 2. The Morgan fingerprint density at radius 3 is 2.19 bits per heavy atom. The van der Waals surface area contributed by atoms with Gasteiger partial charge in [0.2, 0.25) is 0 Å². The van der Waals surface area contributed by atoms with Crippen LogP contribution in [0.25, 0.3) is 0 Å². The van der Waals surface area contributed by atoms with Gasteiger partial charge in [0.1, 0.15) is 11.9 Å². The number of carbonyl (C=O) groups excluding carboxylic acids is 2. The Balaban J connectivity index is 2.38. The van der Waals surface area contributed by atoms with Gasteiger partial charge in [-0.1, -0.05) is 0 Å². The molecule has 3 amide bonds. The number of benzene rings is 1. The Morgan fingerprint density at radius 1 is 1.19 bits per heavy atom. The third-order valence-electron chi connectivity index (χ3n) is 2.74. The molecule has 0 radical (unpaired) electrons. The number of urea groups is 1. The molecule has 1 aliphatic heterocycles. The number of rotatable bonds is 1. The SMILES string of the molecule is CC1C(=O)N(c2ccc(F)cc2)C(=O)N1C.